The van der Waals surface area contributed by atoms with Crippen LogP contribution in [-0.2, 0) is 22.6 Å². The fourth-order valence-corrected chi connectivity index (χ4v) is 6.67. The first kappa shape index (κ1) is 34.8. The van der Waals surface area contributed by atoms with Gasteiger partial charge in [0.15, 0.2) is 16.8 Å². The summed E-state index contributed by atoms with van der Waals surface area (Å²) < 4.78 is 12.9. The number of hydrogen-bond acceptors (Lipinski definition) is 13. The molecule has 5 atom stereocenters. The molecule has 1 aromatic heterocycles. The summed E-state index contributed by atoms with van der Waals surface area (Å²) in [6.45, 7) is 6.36. The molecule has 262 valence electrons. The third kappa shape index (κ3) is 6.51. The lowest BCUT2D eigenvalue weighted by Gasteiger charge is -2.41. The Morgan fingerprint density at radius 1 is 1.16 bits per heavy atom. The number of anilines is 1. The molecule has 0 bridgehead atoms. The quantitative estimate of drug-likeness (QED) is 0.121. The minimum absolute atomic E-state index is 0.00689. The molecule has 0 saturated heterocycles. The molecule has 3 aliphatic heterocycles. The van der Waals surface area contributed by atoms with E-state index in [1.54, 1.807) is 19.2 Å². The maximum Gasteiger partial charge on any atom is 0.193 e. The number of benzene rings is 2. The van der Waals surface area contributed by atoms with E-state index < -0.39 is 48.8 Å². The SMILES string of the molecule is CCC1=C2C=CN=C2CN1c1c2c(cc3c(=O)cc(C)oc13)C[C@@H](OOC[C@@](O)(Cc1ccc(O)cc1)[C@@H](O)[C@H](O)[C@H](O)CO)C(C)(C)O2. The lowest BCUT2D eigenvalue weighted by Crippen LogP contribution is -2.57. The largest absolute Gasteiger partial charge is 0.508 e. The zero-order valence-electron chi connectivity index (χ0n) is 27.8. The van der Waals surface area contributed by atoms with Crippen molar-refractivity contribution >= 4 is 22.4 Å². The molecule has 0 radical (unpaired) electrons. The van der Waals surface area contributed by atoms with Crippen LogP contribution in [0.1, 0.15) is 44.1 Å². The summed E-state index contributed by atoms with van der Waals surface area (Å²) in [4.78, 5) is 31.4. The first-order chi connectivity index (χ1) is 23.3. The summed E-state index contributed by atoms with van der Waals surface area (Å²) in [6, 6.07) is 9.01. The zero-order valence-corrected chi connectivity index (χ0v) is 27.8. The fraction of sp³-hybridized carbons (Fsp3) is 0.444. The number of aliphatic hydroxyl groups excluding tert-OH is 4. The van der Waals surface area contributed by atoms with Crippen molar-refractivity contribution < 1.29 is 49.6 Å². The molecular weight excluding hydrogens is 636 g/mol. The van der Waals surface area contributed by atoms with Gasteiger partial charge in [0.2, 0.25) is 0 Å². The average molecular weight is 679 g/mol. The van der Waals surface area contributed by atoms with Crippen molar-refractivity contribution in [2.45, 2.75) is 82.6 Å². The molecule has 0 fully saturated rings. The minimum atomic E-state index is -2.21. The zero-order chi connectivity index (χ0) is 35.2. The summed E-state index contributed by atoms with van der Waals surface area (Å²) in [7, 11) is 0. The van der Waals surface area contributed by atoms with Crippen LogP contribution in [0.25, 0.3) is 11.0 Å². The second kappa shape index (κ2) is 13.3. The number of aliphatic imine (C=N–C) groups is 1. The van der Waals surface area contributed by atoms with Crippen LogP contribution in [0.15, 0.2) is 74.1 Å². The molecule has 0 saturated carbocycles. The normalized spacial score (nSPS) is 21.2. The van der Waals surface area contributed by atoms with Crippen LogP contribution in [0.4, 0.5) is 5.69 Å². The van der Waals surface area contributed by atoms with Gasteiger partial charge >= 0.3 is 0 Å². The highest BCUT2D eigenvalue weighted by molar-refractivity contribution is 6.13. The van der Waals surface area contributed by atoms with Gasteiger partial charge in [-0.2, -0.15) is 0 Å². The molecule has 4 heterocycles. The van der Waals surface area contributed by atoms with Crippen LogP contribution in [0.3, 0.4) is 0 Å². The Balaban J connectivity index is 1.31. The van der Waals surface area contributed by atoms with Crippen molar-refractivity contribution in [3.63, 3.8) is 0 Å². The molecule has 49 heavy (non-hydrogen) atoms. The standard InChI is InChI=1S/C36H42N2O11/c1-5-26-23-10-11-37-25(23)16-38(26)30-32-21(13-24-27(41)12-19(2)47-33(24)30)14-29(35(3,4)48-32)49-46-18-36(45,34(44)31(43)28(42)17-39)15-20-6-8-22(40)9-7-20/h6-13,28-29,31,34,39-40,42-45H,5,14-18H2,1-4H3/t28-,29-,31-,34+,36+/m1/s1. The highest BCUT2D eigenvalue weighted by Crippen LogP contribution is 2.48. The van der Waals surface area contributed by atoms with Gasteiger partial charge in [-0.1, -0.05) is 19.1 Å². The van der Waals surface area contributed by atoms with Gasteiger partial charge in [0.05, 0.1) is 24.2 Å². The molecule has 2 aromatic carbocycles. The number of aliphatic hydroxyl groups is 5. The van der Waals surface area contributed by atoms with Crippen molar-refractivity contribution in [3.8, 4) is 11.5 Å². The van der Waals surface area contributed by atoms with E-state index in [9.17, 15) is 35.4 Å². The van der Waals surface area contributed by atoms with E-state index in [0.717, 1.165) is 17.0 Å². The van der Waals surface area contributed by atoms with Crippen molar-refractivity contribution in [2.75, 3.05) is 24.7 Å². The molecule has 13 heteroatoms. The van der Waals surface area contributed by atoms with E-state index in [4.69, 9.17) is 18.9 Å². The molecule has 6 rings (SSSR count). The third-order valence-electron chi connectivity index (χ3n) is 9.42. The van der Waals surface area contributed by atoms with Gasteiger partial charge in [0.25, 0.3) is 0 Å². The number of aryl methyl sites for hydroxylation is 1. The lowest BCUT2D eigenvalue weighted by molar-refractivity contribution is -0.369. The number of hydrogen-bond donors (Lipinski definition) is 6. The third-order valence-corrected chi connectivity index (χ3v) is 9.42. The van der Waals surface area contributed by atoms with E-state index in [-0.39, 0.29) is 24.0 Å². The summed E-state index contributed by atoms with van der Waals surface area (Å²) in [6.07, 6.45) is -1.99. The molecule has 13 nitrogen and oxygen atoms in total. The molecule has 0 unspecified atom stereocenters. The Morgan fingerprint density at radius 3 is 2.59 bits per heavy atom. The molecule has 3 aromatic rings. The van der Waals surface area contributed by atoms with Gasteiger partial charge < -0.3 is 44.7 Å². The maximum atomic E-state index is 13.3. The predicted octanol–water partition coefficient (Wildman–Crippen LogP) is 2.34. The van der Waals surface area contributed by atoms with Crippen molar-refractivity contribution in [2.24, 2.45) is 4.99 Å². The van der Waals surface area contributed by atoms with E-state index in [1.807, 2.05) is 19.9 Å². The van der Waals surface area contributed by atoms with Gasteiger partial charge in [-0.25, -0.2) is 9.78 Å². The molecular formula is C36H42N2O11. The number of aromatic hydroxyl groups is 1. The monoisotopic (exact) mass is 678 g/mol. The predicted molar refractivity (Wildman–Crippen MR) is 180 cm³/mol. The Bertz CT molecular complexity index is 1880. The van der Waals surface area contributed by atoms with Crippen molar-refractivity contribution in [1.29, 1.82) is 0 Å². The van der Waals surface area contributed by atoms with Gasteiger partial charge in [-0.05, 0) is 57.0 Å². The molecule has 0 amide bonds. The van der Waals surface area contributed by atoms with E-state index in [0.29, 0.717) is 52.3 Å². The number of ether oxygens (including phenoxy) is 1. The molecule has 3 aliphatic rings. The minimum Gasteiger partial charge on any atom is -0.508 e. The number of rotatable bonds is 12. The van der Waals surface area contributed by atoms with Crippen LogP contribution in [0, 0.1) is 6.92 Å². The highest BCUT2D eigenvalue weighted by atomic mass is 17.2. The Kier molecular flexibility index (Phi) is 9.46. The summed E-state index contributed by atoms with van der Waals surface area (Å²) in [5.74, 6) is 0.986. The van der Waals surface area contributed by atoms with Gasteiger partial charge in [-0.15, -0.1) is 0 Å². The first-order valence-corrected chi connectivity index (χ1v) is 16.2. The number of phenols is 1. The number of allylic oxidation sites excluding steroid dienone is 2. The maximum absolute atomic E-state index is 13.3. The van der Waals surface area contributed by atoms with Crippen molar-refractivity contribution in [1.82, 2.24) is 0 Å². The van der Waals surface area contributed by atoms with Crippen LogP contribution >= 0.6 is 0 Å². The number of fused-ring (bicyclic) bond motifs is 3. The summed E-state index contributed by atoms with van der Waals surface area (Å²) in [5, 5.41) is 62.5. The van der Waals surface area contributed by atoms with Gasteiger partial charge in [-0.3, -0.25) is 9.79 Å². The van der Waals surface area contributed by atoms with Crippen molar-refractivity contribution in [3.05, 3.63) is 87.1 Å². The van der Waals surface area contributed by atoms with Crippen LogP contribution in [0.2, 0.25) is 0 Å². The topological polar surface area (TPSA) is 195 Å². The lowest BCUT2D eigenvalue weighted by atomic mass is 9.85. The second-order valence-corrected chi connectivity index (χ2v) is 13.4. The summed E-state index contributed by atoms with van der Waals surface area (Å²) >= 11 is 0. The van der Waals surface area contributed by atoms with E-state index in [1.165, 1.54) is 30.3 Å². The fourth-order valence-electron chi connectivity index (χ4n) is 6.67. The van der Waals surface area contributed by atoms with Crippen LogP contribution < -0.4 is 15.1 Å². The Morgan fingerprint density at radius 2 is 1.90 bits per heavy atom. The Labute approximate surface area is 282 Å². The van der Waals surface area contributed by atoms with Gasteiger partial charge in [0.1, 0.15) is 59.4 Å². The molecule has 0 aliphatic carbocycles. The number of nitrogens with zero attached hydrogens (tertiary/aromatic N) is 2. The molecule has 6 N–H and O–H groups in total. The first-order valence-electron chi connectivity index (χ1n) is 16.2. The number of phenolic OH excluding ortho intramolecular Hbond substituents is 1. The highest BCUT2D eigenvalue weighted by Gasteiger charge is 2.46. The summed E-state index contributed by atoms with van der Waals surface area (Å²) in [5.41, 5.74) is 1.71. The van der Waals surface area contributed by atoms with Crippen LogP contribution in [-0.4, -0.2) is 91.7 Å². The average Bonchev–Trinajstić information content (AvgIpc) is 3.65. The van der Waals surface area contributed by atoms with E-state index >= 15 is 0 Å². The van der Waals surface area contributed by atoms with E-state index in [2.05, 4.69) is 16.8 Å². The Hall–Kier alpha value is -4.08. The molecule has 0 spiro atoms. The van der Waals surface area contributed by atoms with Gasteiger partial charge in [0, 0.05) is 41.9 Å². The van der Waals surface area contributed by atoms with Crippen LogP contribution in [0.5, 0.6) is 11.5 Å². The smallest absolute Gasteiger partial charge is 0.193 e. The second-order valence-electron chi connectivity index (χ2n) is 13.4.